The van der Waals surface area contributed by atoms with Crippen molar-refractivity contribution in [1.29, 1.82) is 0 Å². The lowest BCUT2D eigenvalue weighted by Crippen LogP contribution is -2.21. The SMILES string of the molecule is C=CCB1C=C(CCCBr)CC(CC=C)C1. The van der Waals surface area contributed by atoms with Gasteiger partial charge < -0.3 is 0 Å². The van der Waals surface area contributed by atoms with E-state index in [1.165, 1.54) is 32.0 Å². The van der Waals surface area contributed by atoms with Crippen LogP contribution in [0.3, 0.4) is 0 Å². The van der Waals surface area contributed by atoms with E-state index in [9.17, 15) is 0 Å². The quantitative estimate of drug-likeness (QED) is 0.353. The number of rotatable bonds is 7. The van der Waals surface area contributed by atoms with Gasteiger partial charge in [0.15, 0.2) is 6.71 Å². The van der Waals surface area contributed by atoms with E-state index >= 15 is 0 Å². The summed E-state index contributed by atoms with van der Waals surface area (Å²) in [6.07, 6.45) is 11.5. The number of alkyl halides is 1. The predicted molar refractivity (Wildman–Crippen MR) is 79.6 cm³/mol. The molecule has 16 heavy (non-hydrogen) atoms. The Balaban J connectivity index is 2.57. The molecule has 88 valence electrons. The third kappa shape index (κ3) is 4.73. The first-order chi connectivity index (χ1) is 7.80. The van der Waals surface area contributed by atoms with Crippen molar-refractivity contribution >= 4 is 22.6 Å². The summed E-state index contributed by atoms with van der Waals surface area (Å²) < 4.78 is 0. The van der Waals surface area contributed by atoms with Crippen LogP contribution in [-0.4, -0.2) is 12.0 Å². The molecule has 0 radical (unpaired) electrons. The van der Waals surface area contributed by atoms with Crippen LogP contribution in [0.4, 0.5) is 0 Å². The van der Waals surface area contributed by atoms with Crippen LogP contribution in [0.2, 0.25) is 12.6 Å². The van der Waals surface area contributed by atoms with E-state index in [0.29, 0.717) is 0 Å². The van der Waals surface area contributed by atoms with E-state index in [2.05, 4.69) is 47.2 Å². The van der Waals surface area contributed by atoms with Crippen molar-refractivity contribution in [3.05, 3.63) is 36.9 Å². The van der Waals surface area contributed by atoms with E-state index < -0.39 is 0 Å². The zero-order chi connectivity index (χ0) is 11.8. The molecule has 0 aromatic rings. The van der Waals surface area contributed by atoms with E-state index in [0.717, 1.165) is 24.3 Å². The molecule has 0 nitrogen and oxygen atoms in total. The van der Waals surface area contributed by atoms with Crippen LogP contribution >= 0.6 is 15.9 Å². The summed E-state index contributed by atoms with van der Waals surface area (Å²) in [5.41, 5.74) is 1.66. The summed E-state index contributed by atoms with van der Waals surface area (Å²) in [4.78, 5) is 0. The van der Waals surface area contributed by atoms with Crippen LogP contribution in [0.15, 0.2) is 36.9 Å². The minimum absolute atomic E-state index is 0.724. The Hall–Kier alpha value is -0.235. The fraction of sp³-hybridized carbons (Fsp3) is 0.571. The summed E-state index contributed by atoms with van der Waals surface area (Å²) >= 11 is 3.51. The minimum atomic E-state index is 0.724. The van der Waals surface area contributed by atoms with E-state index in [4.69, 9.17) is 0 Å². The van der Waals surface area contributed by atoms with E-state index in [-0.39, 0.29) is 0 Å². The van der Waals surface area contributed by atoms with Gasteiger partial charge in [0.1, 0.15) is 0 Å². The van der Waals surface area contributed by atoms with Gasteiger partial charge in [-0.25, -0.2) is 0 Å². The van der Waals surface area contributed by atoms with E-state index in [1.54, 1.807) is 5.57 Å². The second-order valence-corrected chi connectivity index (χ2v) is 5.53. The molecule has 2 heteroatoms. The van der Waals surface area contributed by atoms with Gasteiger partial charge in [0.25, 0.3) is 0 Å². The lowest BCUT2D eigenvalue weighted by atomic mass is 9.40. The lowest BCUT2D eigenvalue weighted by Gasteiger charge is -2.26. The summed E-state index contributed by atoms with van der Waals surface area (Å²) in [6.45, 7) is 8.45. The van der Waals surface area contributed by atoms with Crippen molar-refractivity contribution in [3.8, 4) is 0 Å². The maximum atomic E-state index is 3.87. The first kappa shape index (κ1) is 13.8. The molecule has 0 amide bonds. The Labute approximate surface area is 109 Å². The van der Waals surface area contributed by atoms with Crippen molar-refractivity contribution in [3.63, 3.8) is 0 Å². The van der Waals surface area contributed by atoms with Crippen molar-refractivity contribution in [2.45, 2.75) is 38.3 Å². The van der Waals surface area contributed by atoms with Gasteiger partial charge in [0.05, 0.1) is 0 Å². The lowest BCUT2D eigenvalue weighted by molar-refractivity contribution is 0.560. The summed E-state index contributed by atoms with van der Waals surface area (Å²) in [5.74, 6) is 3.32. The number of allylic oxidation sites excluding steroid dienone is 3. The first-order valence-electron chi connectivity index (χ1n) is 6.27. The van der Waals surface area contributed by atoms with Crippen molar-refractivity contribution in [1.82, 2.24) is 0 Å². The van der Waals surface area contributed by atoms with Crippen LogP contribution in [-0.2, 0) is 0 Å². The zero-order valence-corrected chi connectivity index (χ0v) is 11.7. The Morgan fingerprint density at radius 3 is 2.88 bits per heavy atom. The van der Waals surface area contributed by atoms with Gasteiger partial charge in [-0.2, -0.15) is 0 Å². The Kier molecular flexibility index (Phi) is 6.87. The molecule has 0 bridgehead atoms. The Morgan fingerprint density at radius 2 is 2.25 bits per heavy atom. The molecule has 0 N–H and O–H groups in total. The second-order valence-electron chi connectivity index (χ2n) is 4.73. The first-order valence-corrected chi connectivity index (χ1v) is 7.39. The fourth-order valence-corrected chi connectivity index (χ4v) is 2.90. The average molecular weight is 281 g/mol. The summed E-state index contributed by atoms with van der Waals surface area (Å²) in [7, 11) is 0. The molecule has 1 heterocycles. The molecule has 1 rings (SSSR count). The molecule has 0 fully saturated rings. The smallest absolute Gasteiger partial charge is 0.115 e. The highest BCUT2D eigenvalue weighted by Crippen LogP contribution is 2.31. The molecule has 1 unspecified atom stereocenters. The highest BCUT2D eigenvalue weighted by molar-refractivity contribution is 9.09. The monoisotopic (exact) mass is 280 g/mol. The normalized spacial score (nSPS) is 20.4. The molecule has 0 aromatic carbocycles. The van der Waals surface area contributed by atoms with Crippen molar-refractivity contribution in [2.24, 2.45) is 5.92 Å². The topological polar surface area (TPSA) is 0 Å². The third-order valence-corrected chi connectivity index (χ3v) is 3.82. The minimum Gasteiger partial charge on any atom is -0.115 e. The Morgan fingerprint density at radius 1 is 1.44 bits per heavy atom. The summed E-state index contributed by atoms with van der Waals surface area (Å²) in [5, 5.41) is 1.11. The molecule has 1 aliphatic heterocycles. The molecular formula is C14H22BBr. The largest absolute Gasteiger partial charge is 0.170 e. The van der Waals surface area contributed by atoms with Crippen LogP contribution in [0.25, 0.3) is 0 Å². The molecule has 0 spiro atoms. The average Bonchev–Trinajstić information content (AvgIpc) is 2.27. The molecule has 0 aromatic heterocycles. The molecule has 0 saturated heterocycles. The second kappa shape index (κ2) is 7.94. The maximum absolute atomic E-state index is 3.87. The predicted octanol–water partition coefficient (Wildman–Crippen LogP) is 4.90. The number of halogens is 1. The van der Waals surface area contributed by atoms with Crippen molar-refractivity contribution in [2.75, 3.05) is 5.33 Å². The van der Waals surface area contributed by atoms with Crippen LogP contribution in [0.1, 0.15) is 25.7 Å². The van der Waals surface area contributed by atoms with Crippen LogP contribution in [0, 0.1) is 5.92 Å². The summed E-state index contributed by atoms with van der Waals surface area (Å²) in [6, 6.07) is 0. The van der Waals surface area contributed by atoms with Gasteiger partial charge >= 0.3 is 0 Å². The van der Waals surface area contributed by atoms with Crippen LogP contribution in [0.5, 0.6) is 0 Å². The number of hydrogen-bond acceptors (Lipinski definition) is 0. The highest BCUT2D eigenvalue weighted by atomic mass is 79.9. The van der Waals surface area contributed by atoms with Gasteiger partial charge in [-0.3, -0.25) is 0 Å². The number of hydrogen-bond donors (Lipinski definition) is 0. The third-order valence-electron chi connectivity index (χ3n) is 3.26. The van der Waals surface area contributed by atoms with Gasteiger partial charge in [0, 0.05) is 5.33 Å². The standard InChI is InChI=1S/C14H22BBr/c1-3-6-13-10-14(7-5-9-16)12-15(11-13)8-4-2/h3-4,12-13H,1-2,5-11H2. The highest BCUT2D eigenvalue weighted by Gasteiger charge is 2.22. The molecule has 1 atom stereocenters. The van der Waals surface area contributed by atoms with Crippen LogP contribution < -0.4 is 0 Å². The van der Waals surface area contributed by atoms with Gasteiger partial charge in [0.2, 0.25) is 0 Å². The van der Waals surface area contributed by atoms with Gasteiger partial charge in [-0.1, -0.05) is 46.3 Å². The maximum Gasteiger partial charge on any atom is 0.170 e. The molecule has 0 saturated carbocycles. The Bertz CT molecular complexity index is 257. The molecule has 0 aliphatic carbocycles. The fourth-order valence-electron chi connectivity index (χ4n) is 2.62. The van der Waals surface area contributed by atoms with Gasteiger partial charge in [-0.15, -0.1) is 19.1 Å². The van der Waals surface area contributed by atoms with E-state index in [1.807, 2.05) is 0 Å². The van der Waals surface area contributed by atoms with Gasteiger partial charge in [-0.05, 0) is 31.6 Å². The molecule has 1 aliphatic rings. The van der Waals surface area contributed by atoms with Crippen molar-refractivity contribution < 1.29 is 0 Å². The zero-order valence-electron chi connectivity index (χ0n) is 10.1. The molecular weight excluding hydrogens is 259 g/mol.